The van der Waals surface area contributed by atoms with Crippen molar-refractivity contribution in [2.75, 3.05) is 6.54 Å². The minimum absolute atomic E-state index is 0.0932. The molecule has 0 spiro atoms. The van der Waals surface area contributed by atoms with Gasteiger partial charge in [0.25, 0.3) is 0 Å². The third-order valence-corrected chi connectivity index (χ3v) is 3.20. The van der Waals surface area contributed by atoms with Crippen LogP contribution in [-0.2, 0) is 11.3 Å². The van der Waals surface area contributed by atoms with Gasteiger partial charge >= 0.3 is 0 Å². The van der Waals surface area contributed by atoms with Gasteiger partial charge in [0.15, 0.2) is 0 Å². The molecule has 112 valence electrons. The normalized spacial score (nSPS) is 11.0. The van der Waals surface area contributed by atoms with E-state index in [1.54, 1.807) is 0 Å². The van der Waals surface area contributed by atoms with E-state index < -0.39 is 0 Å². The minimum Gasteiger partial charge on any atom is -0.354 e. The second kappa shape index (κ2) is 7.18. The Balaban J connectivity index is 1.84. The molecule has 0 saturated heterocycles. The molecule has 0 fully saturated rings. The number of carbonyl (C=O) groups excluding carboxylic acids is 1. The number of benzene rings is 1. The highest BCUT2D eigenvalue weighted by molar-refractivity contribution is 5.79. The summed E-state index contributed by atoms with van der Waals surface area (Å²) in [7, 11) is 0. The fourth-order valence-electron chi connectivity index (χ4n) is 2.22. The number of fused-ring (bicyclic) bond motifs is 1. The maximum atomic E-state index is 11.5. The molecule has 0 saturated carbocycles. The molecule has 4 heteroatoms. The van der Waals surface area contributed by atoms with Gasteiger partial charge in [-0.1, -0.05) is 12.1 Å². The molecule has 0 bridgehead atoms. The summed E-state index contributed by atoms with van der Waals surface area (Å²) in [5.41, 5.74) is 3.26. The van der Waals surface area contributed by atoms with Crippen molar-refractivity contribution < 1.29 is 4.79 Å². The van der Waals surface area contributed by atoms with Crippen molar-refractivity contribution in [2.45, 2.75) is 39.8 Å². The highest BCUT2D eigenvalue weighted by Gasteiger charge is 2.03. The molecule has 0 aliphatic heterocycles. The highest BCUT2D eigenvalue weighted by atomic mass is 16.1. The summed E-state index contributed by atoms with van der Waals surface area (Å²) in [5.74, 6) is 0.0932. The molecule has 0 aliphatic carbocycles. The zero-order valence-electron chi connectivity index (χ0n) is 12.9. The standard InChI is InChI=1S/C17H23N3O/c1-12(2)19-17(21)8-9-18-11-14-5-7-16-15(10-14)6-4-13(3)20-16/h4-7,10,12,18H,8-9,11H2,1-3H3,(H,19,21). The Morgan fingerprint density at radius 2 is 2.05 bits per heavy atom. The number of rotatable bonds is 6. The van der Waals surface area contributed by atoms with E-state index in [1.165, 1.54) is 5.56 Å². The third-order valence-electron chi connectivity index (χ3n) is 3.20. The molecule has 21 heavy (non-hydrogen) atoms. The van der Waals surface area contributed by atoms with Crippen LogP contribution in [-0.4, -0.2) is 23.5 Å². The molecule has 4 nitrogen and oxygen atoms in total. The minimum atomic E-state index is 0.0932. The molecule has 1 heterocycles. The second-order valence-corrected chi connectivity index (χ2v) is 5.63. The highest BCUT2D eigenvalue weighted by Crippen LogP contribution is 2.14. The number of aromatic nitrogens is 1. The Hall–Kier alpha value is -1.94. The number of nitrogens with one attached hydrogen (secondary N) is 2. The Kier molecular flexibility index (Phi) is 5.28. The number of hydrogen-bond acceptors (Lipinski definition) is 3. The Labute approximate surface area is 126 Å². The number of pyridine rings is 1. The van der Waals surface area contributed by atoms with Crippen LogP contribution in [0.2, 0.25) is 0 Å². The van der Waals surface area contributed by atoms with Gasteiger partial charge in [0.2, 0.25) is 5.91 Å². The van der Waals surface area contributed by atoms with Gasteiger partial charge in [-0.2, -0.15) is 0 Å². The third kappa shape index (κ3) is 4.83. The van der Waals surface area contributed by atoms with Crippen molar-refractivity contribution in [2.24, 2.45) is 0 Å². The molecule has 0 unspecified atom stereocenters. The van der Waals surface area contributed by atoms with Crippen molar-refractivity contribution in [1.29, 1.82) is 0 Å². The van der Waals surface area contributed by atoms with Crippen molar-refractivity contribution in [1.82, 2.24) is 15.6 Å². The van der Waals surface area contributed by atoms with Crippen LogP contribution in [0, 0.1) is 6.92 Å². The zero-order chi connectivity index (χ0) is 15.2. The van der Waals surface area contributed by atoms with E-state index in [1.807, 2.05) is 32.9 Å². The lowest BCUT2D eigenvalue weighted by atomic mass is 10.1. The van der Waals surface area contributed by atoms with Crippen LogP contribution in [0.5, 0.6) is 0 Å². The molecular weight excluding hydrogens is 262 g/mol. The van der Waals surface area contributed by atoms with Crippen LogP contribution in [0.25, 0.3) is 10.9 Å². The topological polar surface area (TPSA) is 54.0 Å². The van der Waals surface area contributed by atoms with Crippen molar-refractivity contribution in [3.8, 4) is 0 Å². The first-order valence-electron chi connectivity index (χ1n) is 7.41. The molecule has 1 amide bonds. The van der Waals surface area contributed by atoms with E-state index in [2.05, 4.69) is 33.8 Å². The van der Waals surface area contributed by atoms with Crippen LogP contribution in [0.15, 0.2) is 30.3 Å². The van der Waals surface area contributed by atoms with E-state index in [4.69, 9.17) is 0 Å². The molecule has 1 aromatic heterocycles. The summed E-state index contributed by atoms with van der Waals surface area (Å²) in [4.78, 5) is 16.0. The molecule has 2 aromatic rings. The summed E-state index contributed by atoms with van der Waals surface area (Å²) in [6.45, 7) is 7.38. The number of nitrogens with zero attached hydrogens (tertiary/aromatic N) is 1. The Morgan fingerprint density at radius 3 is 2.81 bits per heavy atom. The first-order valence-corrected chi connectivity index (χ1v) is 7.41. The number of carbonyl (C=O) groups is 1. The first-order chi connectivity index (χ1) is 10.0. The summed E-state index contributed by atoms with van der Waals surface area (Å²) < 4.78 is 0. The van der Waals surface area contributed by atoms with E-state index in [0.29, 0.717) is 13.0 Å². The SMILES string of the molecule is Cc1ccc2cc(CNCCC(=O)NC(C)C)ccc2n1. The first kappa shape index (κ1) is 15.4. The smallest absolute Gasteiger partial charge is 0.221 e. The summed E-state index contributed by atoms with van der Waals surface area (Å²) in [6.07, 6.45) is 0.506. The van der Waals surface area contributed by atoms with Gasteiger partial charge in [-0.05, 0) is 44.5 Å². The fourth-order valence-corrected chi connectivity index (χ4v) is 2.22. The molecule has 2 rings (SSSR count). The van der Waals surface area contributed by atoms with Gasteiger partial charge in [-0.3, -0.25) is 9.78 Å². The van der Waals surface area contributed by atoms with Crippen LogP contribution >= 0.6 is 0 Å². The zero-order valence-corrected chi connectivity index (χ0v) is 12.9. The number of hydrogen-bond donors (Lipinski definition) is 2. The largest absolute Gasteiger partial charge is 0.354 e. The number of aryl methyl sites for hydroxylation is 1. The predicted octanol–water partition coefficient (Wildman–Crippen LogP) is 2.55. The fraction of sp³-hybridized carbons (Fsp3) is 0.412. The second-order valence-electron chi connectivity index (χ2n) is 5.63. The summed E-state index contributed by atoms with van der Waals surface area (Å²) >= 11 is 0. The average molecular weight is 285 g/mol. The van der Waals surface area contributed by atoms with E-state index in [9.17, 15) is 4.79 Å². The molecule has 0 aliphatic rings. The quantitative estimate of drug-likeness (QED) is 0.802. The van der Waals surface area contributed by atoms with Gasteiger partial charge < -0.3 is 10.6 Å². The lowest BCUT2D eigenvalue weighted by Gasteiger charge is -2.09. The summed E-state index contributed by atoms with van der Waals surface area (Å²) in [5, 5.41) is 7.33. The van der Waals surface area contributed by atoms with Gasteiger partial charge in [0.1, 0.15) is 0 Å². The van der Waals surface area contributed by atoms with Gasteiger partial charge in [0.05, 0.1) is 5.52 Å². The van der Waals surface area contributed by atoms with E-state index in [0.717, 1.165) is 23.1 Å². The van der Waals surface area contributed by atoms with Gasteiger partial charge in [-0.25, -0.2) is 0 Å². The van der Waals surface area contributed by atoms with E-state index in [-0.39, 0.29) is 11.9 Å². The van der Waals surface area contributed by atoms with Crippen LogP contribution in [0.4, 0.5) is 0 Å². The Bertz CT molecular complexity index is 622. The van der Waals surface area contributed by atoms with Gasteiger partial charge in [-0.15, -0.1) is 0 Å². The molecule has 0 atom stereocenters. The molecule has 2 N–H and O–H groups in total. The molecule has 0 radical (unpaired) electrons. The Morgan fingerprint density at radius 1 is 1.24 bits per heavy atom. The number of amides is 1. The van der Waals surface area contributed by atoms with Crippen LogP contribution in [0.1, 0.15) is 31.5 Å². The molecule has 1 aromatic carbocycles. The van der Waals surface area contributed by atoms with Crippen molar-refractivity contribution >= 4 is 16.8 Å². The lowest BCUT2D eigenvalue weighted by molar-refractivity contribution is -0.121. The van der Waals surface area contributed by atoms with Gasteiger partial charge in [0, 0.05) is 36.6 Å². The monoisotopic (exact) mass is 285 g/mol. The lowest BCUT2D eigenvalue weighted by Crippen LogP contribution is -2.32. The average Bonchev–Trinajstić information content (AvgIpc) is 2.43. The summed E-state index contributed by atoms with van der Waals surface area (Å²) in [6, 6.07) is 10.6. The maximum absolute atomic E-state index is 11.5. The molecular formula is C17H23N3O. The van der Waals surface area contributed by atoms with Crippen molar-refractivity contribution in [3.05, 3.63) is 41.6 Å². The van der Waals surface area contributed by atoms with Crippen LogP contribution < -0.4 is 10.6 Å². The van der Waals surface area contributed by atoms with E-state index >= 15 is 0 Å². The van der Waals surface area contributed by atoms with Crippen LogP contribution in [0.3, 0.4) is 0 Å². The predicted molar refractivity (Wildman–Crippen MR) is 86.1 cm³/mol. The van der Waals surface area contributed by atoms with Crippen molar-refractivity contribution in [3.63, 3.8) is 0 Å². The maximum Gasteiger partial charge on any atom is 0.221 e.